The number of rotatable bonds is 7. The van der Waals surface area contributed by atoms with Gasteiger partial charge < -0.3 is 9.84 Å². The van der Waals surface area contributed by atoms with E-state index in [1.165, 1.54) is 23.8 Å². The first-order valence-corrected chi connectivity index (χ1v) is 10.7. The summed E-state index contributed by atoms with van der Waals surface area (Å²) in [6.07, 6.45) is 2.90. The van der Waals surface area contributed by atoms with E-state index in [1.54, 1.807) is 66.7 Å². The van der Waals surface area contributed by atoms with Crippen LogP contribution in [0.15, 0.2) is 77.6 Å². The number of methoxy groups -OCH3 is 1. The molecule has 1 amide bonds. The molecule has 3 N–H and O–H groups in total. The van der Waals surface area contributed by atoms with E-state index in [9.17, 15) is 14.7 Å². The molecule has 172 valence electrons. The molecule has 0 spiro atoms. The fourth-order valence-electron chi connectivity index (χ4n) is 3.40. The van der Waals surface area contributed by atoms with Gasteiger partial charge in [-0.25, -0.2) is 10.4 Å². The highest BCUT2D eigenvalue weighted by molar-refractivity contribution is 6.32. The van der Waals surface area contributed by atoms with Crippen LogP contribution in [0, 0.1) is 0 Å². The summed E-state index contributed by atoms with van der Waals surface area (Å²) >= 11 is 6.36. The second kappa shape index (κ2) is 10.2. The molecule has 0 aliphatic rings. The summed E-state index contributed by atoms with van der Waals surface area (Å²) in [5.41, 5.74) is 6.82. The zero-order chi connectivity index (χ0) is 24.1. The van der Waals surface area contributed by atoms with E-state index < -0.39 is 5.91 Å². The predicted molar refractivity (Wildman–Crippen MR) is 131 cm³/mol. The first-order chi connectivity index (χ1) is 16.5. The summed E-state index contributed by atoms with van der Waals surface area (Å²) in [5.74, 6) is 0.280. The van der Waals surface area contributed by atoms with Gasteiger partial charge in [0, 0.05) is 6.08 Å². The van der Waals surface area contributed by atoms with Crippen LogP contribution in [0.2, 0.25) is 5.02 Å². The summed E-state index contributed by atoms with van der Waals surface area (Å²) in [7, 11) is 1.45. The SMILES string of the molecule is COc1cc(/C=C/C(=O)NNCc2nc3ccccc3c(=O)n2-c2ccccc2Cl)ccc1O. The molecule has 3 aromatic carbocycles. The fourth-order valence-corrected chi connectivity index (χ4v) is 3.62. The minimum atomic E-state index is -0.417. The van der Waals surface area contributed by atoms with Gasteiger partial charge in [0.25, 0.3) is 11.5 Å². The average molecular weight is 477 g/mol. The Morgan fingerprint density at radius 3 is 2.71 bits per heavy atom. The van der Waals surface area contributed by atoms with E-state index in [-0.39, 0.29) is 17.9 Å². The number of nitrogens with one attached hydrogen (secondary N) is 2. The number of amides is 1. The maximum absolute atomic E-state index is 13.2. The lowest BCUT2D eigenvalue weighted by Gasteiger charge is -2.15. The first kappa shape index (κ1) is 23.0. The van der Waals surface area contributed by atoms with Gasteiger partial charge in [0.15, 0.2) is 11.5 Å². The third-order valence-corrected chi connectivity index (χ3v) is 5.35. The van der Waals surface area contributed by atoms with Crippen LogP contribution in [0.3, 0.4) is 0 Å². The third kappa shape index (κ3) is 4.93. The van der Waals surface area contributed by atoms with Crippen LogP contribution in [-0.4, -0.2) is 27.7 Å². The van der Waals surface area contributed by atoms with Crippen LogP contribution in [0.1, 0.15) is 11.4 Å². The number of phenolic OH excluding ortho intramolecular Hbond substituents is 1. The Labute approximate surface area is 200 Å². The summed E-state index contributed by atoms with van der Waals surface area (Å²) in [6.45, 7) is 0.0674. The number of halogens is 1. The summed E-state index contributed by atoms with van der Waals surface area (Å²) in [4.78, 5) is 30.1. The minimum absolute atomic E-state index is 0.0122. The average Bonchev–Trinajstić information content (AvgIpc) is 2.84. The Balaban J connectivity index is 1.54. The minimum Gasteiger partial charge on any atom is -0.504 e. The largest absolute Gasteiger partial charge is 0.504 e. The molecule has 1 aromatic heterocycles. The zero-order valence-corrected chi connectivity index (χ0v) is 18.9. The van der Waals surface area contributed by atoms with Gasteiger partial charge in [-0.05, 0) is 48.0 Å². The number of ether oxygens (including phenoxy) is 1. The number of phenols is 1. The van der Waals surface area contributed by atoms with Crippen molar-refractivity contribution in [2.24, 2.45) is 0 Å². The van der Waals surface area contributed by atoms with E-state index in [0.717, 1.165) is 0 Å². The van der Waals surface area contributed by atoms with Gasteiger partial charge >= 0.3 is 0 Å². The number of nitrogens with zero attached hydrogens (tertiary/aromatic N) is 2. The number of para-hydroxylation sites is 2. The molecule has 1 heterocycles. The van der Waals surface area contributed by atoms with Crippen molar-refractivity contribution in [1.29, 1.82) is 0 Å². The lowest BCUT2D eigenvalue weighted by Crippen LogP contribution is -2.38. The molecule has 0 saturated heterocycles. The van der Waals surface area contributed by atoms with E-state index >= 15 is 0 Å². The van der Waals surface area contributed by atoms with Gasteiger partial charge in [-0.1, -0.05) is 41.9 Å². The number of hydrogen-bond donors (Lipinski definition) is 3. The van der Waals surface area contributed by atoms with Crippen molar-refractivity contribution >= 4 is 34.5 Å². The molecular weight excluding hydrogens is 456 g/mol. The highest BCUT2D eigenvalue weighted by Crippen LogP contribution is 2.26. The highest BCUT2D eigenvalue weighted by atomic mass is 35.5. The Morgan fingerprint density at radius 1 is 1.15 bits per heavy atom. The van der Waals surface area contributed by atoms with Crippen LogP contribution < -0.4 is 21.1 Å². The topological polar surface area (TPSA) is 105 Å². The van der Waals surface area contributed by atoms with Gasteiger partial charge in [-0.2, -0.15) is 0 Å². The van der Waals surface area contributed by atoms with Crippen LogP contribution in [0.25, 0.3) is 22.7 Å². The lowest BCUT2D eigenvalue weighted by atomic mass is 10.2. The van der Waals surface area contributed by atoms with E-state index in [1.807, 2.05) is 0 Å². The number of carbonyl (C=O) groups is 1. The van der Waals surface area contributed by atoms with E-state index in [0.29, 0.717) is 38.8 Å². The van der Waals surface area contributed by atoms with Crippen molar-refractivity contribution in [3.8, 4) is 17.2 Å². The van der Waals surface area contributed by atoms with Crippen molar-refractivity contribution in [2.75, 3.05) is 7.11 Å². The van der Waals surface area contributed by atoms with Gasteiger partial charge in [0.05, 0.1) is 35.3 Å². The molecule has 34 heavy (non-hydrogen) atoms. The second-order valence-corrected chi connectivity index (χ2v) is 7.65. The van der Waals surface area contributed by atoms with Crippen molar-refractivity contribution in [2.45, 2.75) is 6.54 Å². The van der Waals surface area contributed by atoms with Crippen LogP contribution in [0.4, 0.5) is 0 Å². The Kier molecular flexibility index (Phi) is 6.91. The summed E-state index contributed by atoms with van der Waals surface area (Å²) in [5, 5.41) is 10.5. The zero-order valence-electron chi connectivity index (χ0n) is 18.2. The molecule has 8 nitrogen and oxygen atoms in total. The van der Waals surface area contributed by atoms with Crippen molar-refractivity contribution < 1.29 is 14.6 Å². The number of hydrazine groups is 1. The molecule has 9 heteroatoms. The van der Waals surface area contributed by atoms with E-state index in [2.05, 4.69) is 15.8 Å². The number of aromatic nitrogens is 2. The molecule has 0 unspecified atom stereocenters. The van der Waals surface area contributed by atoms with Gasteiger partial charge in [0.1, 0.15) is 5.82 Å². The fraction of sp³-hybridized carbons (Fsp3) is 0.0800. The van der Waals surface area contributed by atoms with Crippen molar-refractivity contribution in [3.63, 3.8) is 0 Å². The molecule has 0 fully saturated rings. The molecule has 0 bridgehead atoms. The molecule has 0 aliphatic heterocycles. The second-order valence-electron chi connectivity index (χ2n) is 7.24. The number of fused-ring (bicyclic) bond motifs is 1. The van der Waals surface area contributed by atoms with Crippen LogP contribution in [-0.2, 0) is 11.3 Å². The Hall–Kier alpha value is -4.14. The first-order valence-electron chi connectivity index (χ1n) is 10.3. The normalized spacial score (nSPS) is 11.1. The molecule has 0 radical (unpaired) electrons. The number of benzene rings is 3. The number of carbonyl (C=O) groups excluding carboxylic acids is 1. The third-order valence-electron chi connectivity index (χ3n) is 5.03. The predicted octanol–water partition coefficient (Wildman–Crippen LogP) is 3.59. The molecule has 4 rings (SSSR count). The van der Waals surface area contributed by atoms with Crippen molar-refractivity contribution in [1.82, 2.24) is 20.4 Å². The molecular formula is C25H21ClN4O4. The molecule has 0 saturated carbocycles. The van der Waals surface area contributed by atoms with Crippen LogP contribution in [0.5, 0.6) is 11.5 Å². The van der Waals surface area contributed by atoms with Gasteiger partial charge in [-0.15, -0.1) is 0 Å². The standard InChI is InChI=1S/C25H21ClN4O4/c1-34-22-14-16(10-12-21(22)31)11-13-24(32)29-27-15-23-28-19-8-4-2-6-17(19)25(33)30(23)20-9-5-3-7-18(20)26/h2-14,27,31H,15H2,1H3,(H,29,32)/b13-11+. The molecule has 4 aromatic rings. The molecule has 0 atom stereocenters. The quantitative estimate of drug-likeness (QED) is 0.278. The maximum Gasteiger partial charge on any atom is 0.266 e. The number of hydrogen-bond acceptors (Lipinski definition) is 6. The summed E-state index contributed by atoms with van der Waals surface area (Å²) in [6, 6.07) is 18.8. The van der Waals surface area contributed by atoms with Crippen molar-refractivity contribution in [3.05, 3.63) is 99.6 Å². The number of aromatic hydroxyl groups is 1. The Bertz CT molecular complexity index is 1450. The summed E-state index contributed by atoms with van der Waals surface area (Å²) < 4.78 is 6.49. The van der Waals surface area contributed by atoms with Crippen LogP contribution >= 0.6 is 11.6 Å². The molecule has 0 aliphatic carbocycles. The maximum atomic E-state index is 13.2. The Morgan fingerprint density at radius 2 is 1.91 bits per heavy atom. The highest BCUT2D eigenvalue weighted by Gasteiger charge is 2.14. The van der Waals surface area contributed by atoms with Gasteiger partial charge in [-0.3, -0.25) is 19.6 Å². The van der Waals surface area contributed by atoms with Gasteiger partial charge in [0.2, 0.25) is 0 Å². The van der Waals surface area contributed by atoms with E-state index in [4.69, 9.17) is 16.3 Å². The smallest absolute Gasteiger partial charge is 0.266 e. The monoisotopic (exact) mass is 476 g/mol. The lowest BCUT2D eigenvalue weighted by molar-refractivity contribution is -0.117.